The Morgan fingerprint density at radius 1 is 0.592 bits per heavy atom. The molecule has 260 valence electrons. The van der Waals surface area contributed by atoms with Crippen LogP contribution in [0.1, 0.15) is 122 Å². The number of hydrogen-bond donors (Lipinski definition) is 2. The minimum absolute atomic E-state index is 0.0526. The highest BCUT2D eigenvalue weighted by Crippen LogP contribution is 2.34. The largest absolute Gasteiger partial charge is 0.507 e. The van der Waals surface area contributed by atoms with Gasteiger partial charge in [-0.25, -0.2) is 0 Å². The summed E-state index contributed by atoms with van der Waals surface area (Å²) >= 11 is 0. The molecule has 0 radical (unpaired) electrons. The number of carbonyl (C=O) groups excluding carboxylic acids is 2. The van der Waals surface area contributed by atoms with E-state index in [1.807, 2.05) is 30.3 Å². The topological polar surface area (TPSA) is 93.1 Å². The number of ketones is 2. The van der Waals surface area contributed by atoms with Crippen LogP contribution < -0.4 is 9.47 Å². The van der Waals surface area contributed by atoms with Crippen molar-refractivity contribution < 1.29 is 29.3 Å². The summed E-state index contributed by atoms with van der Waals surface area (Å²) in [5.41, 5.74) is 2.57. The summed E-state index contributed by atoms with van der Waals surface area (Å²) in [5.74, 6) is 0.986. The molecule has 4 rings (SSSR count). The summed E-state index contributed by atoms with van der Waals surface area (Å²) in [6, 6.07) is 26.3. The van der Waals surface area contributed by atoms with E-state index in [4.69, 9.17) is 9.47 Å². The van der Waals surface area contributed by atoms with Gasteiger partial charge in [-0.2, -0.15) is 0 Å². The van der Waals surface area contributed by atoms with Crippen molar-refractivity contribution in [3.8, 4) is 23.0 Å². The molecule has 0 spiro atoms. The van der Waals surface area contributed by atoms with Crippen LogP contribution in [-0.4, -0.2) is 35.0 Å². The number of benzene rings is 4. The standard InChI is InChI=1S/C43H52O6/c1-3-5-6-7-8-16-27-49-41-31-40(45)38(43(47)34-22-13-10-14-23-34)29-35(41)28-32(18-4-2)19-15-17-26-48-36-24-25-37(39(44)30-36)42(46)33-20-11-9-12-21-33/h9-14,20-25,29-32,44-45H,3-8,15-19,26-28H2,1-2H3. The van der Waals surface area contributed by atoms with Crippen molar-refractivity contribution in [1.29, 1.82) is 0 Å². The smallest absolute Gasteiger partial charge is 0.196 e. The van der Waals surface area contributed by atoms with Crippen molar-refractivity contribution >= 4 is 11.6 Å². The molecular formula is C43H52O6. The normalized spacial score (nSPS) is 11.6. The molecule has 2 N–H and O–H groups in total. The Kier molecular flexibility index (Phi) is 15.2. The summed E-state index contributed by atoms with van der Waals surface area (Å²) in [4.78, 5) is 26.1. The molecule has 0 amide bonds. The van der Waals surface area contributed by atoms with Crippen molar-refractivity contribution in [2.75, 3.05) is 13.2 Å². The van der Waals surface area contributed by atoms with Gasteiger partial charge < -0.3 is 19.7 Å². The average molecular weight is 665 g/mol. The predicted octanol–water partition coefficient (Wildman–Crippen LogP) is 10.5. The summed E-state index contributed by atoms with van der Waals surface area (Å²) in [7, 11) is 0. The molecule has 0 saturated carbocycles. The second kappa shape index (κ2) is 20.1. The van der Waals surface area contributed by atoms with Gasteiger partial charge in [-0.15, -0.1) is 0 Å². The zero-order valence-corrected chi connectivity index (χ0v) is 29.2. The van der Waals surface area contributed by atoms with Gasteiger partial charge in [0.1, 0.15) is 23.0 Å². The quantitative estimate of drug-likeness (QED) is 0.0641. The molecule has 4 aromatic rings. The number of aromatic hydroxyl groups is 2. The first kappa shape index (κ1) is 37.2. The maximum absolute atomic E-state index is 13.4. The minimum atomic E-state index is -0.229. The Bertz CT molecular complexity index is 1600. The van der Waals surface area contributed by atoms with Crippen LogP contribution in [0.25, 0.3) is 0 Å². The van der Waals surface area contributed by atoms with Gasteiger partial charge in [-0.3, -0.25) is 9.59 Å². The fourth-order valence-electron chi connectivity index (χ4n) is 6.23. The number of unbranched alkanes of at least 4 members (excludes halogenated alkanes) is 6. The van der Waals surface area contributed by atoms with Crippen molar-refractivity contribution in [3.05, 3.63) is 119 Å². The number of rotatable bonds is 22. The maximum atomic E-state index is 13.4. The third-order valence-corrected chi connectivity index (χ3v) is 8.95. The zero-order chi connectivity index (χ0) is 34.8. The fourth-order valence-corrected chi connectivity index (χ4v) is 6.23. The van der Waals surface area contributed by atoms with Crippen molar-refractivity contribution in [1.82, 2.24) is 0 Å². The zero-order valence-electron chi connectivity index (χ0n) is 29.2. The molecule has 4 aromatic carbocycles. The van der Waals surface area contributed by atoms with Crippen molar-refractivity contribution in [2.24, 2.45) is 5.92 Å². The molecule has 0 aromatic heterocycles. The molecule has 0 bridgehead atoms. The monoisotopic (exact) mass is 664 g/mol. The first-order chi connectivity index (χ1) is 23.9. The summed E-state index contributed by atoms with van der Waals surface area (Å²) < 4.78 is 12.2. The third-order valence-electron chi connectivity index (χ3n) is 8.95. The molecule has 49 heavy (non-hydrogen) atoms. The molecular weight excluding hydrogens is 612 g/mol. The van der Waals surface area contributed by atoms with Crippen LogP contribution in [-0.2, 0) is 6.42 Å². The SMILES string of the molecule is CCCCCCCCOc1cc(O)c(C(=O)c2ccccc2)cc1CC(CCC)CCCCOc1ccc(C(=O)c2ccccc2)c(O)c1. The van der Waals surface area contributed by atoms with E-state index in [1.165, 1.54) is 31.7 Å². The molecule has 0 aliphatic rings. The Balaban J connectivity index is 1.36. The van der Waals surface area contributed by atoms with Gasteiger partial charge in [0.2, 0.25) is 0 Å². The van der Waals surface area contributed by atoms with E-state index >= 15 is 0 Å². The second-order valence-electron chi connectivity index (χ2n) is 12.9. The Morgan fingerprint density at radius 3 is 1.84 bits per heavy atom. The minimum Gasteiger partial charge on any atom is -0.507 e. The van der Waals surface area contributed by atoms with Gasteiger partial charge in [-0.1, -0.05) is 126 Å². The molecule has 1 unspecified atom stereocenters. The molecule has 6 heteroatoms. The summed E-state index contributed by atoms with van der Waals surface area (Å²) in [6.45, 7) is 5.47. The van der Waals surface area contributed by atoms with Gasteiger partial charge >= 0.3 is 0 Å². The lowest BCUT2D eigenvalue weighted by Gasteiger charge is -2.20. The van der Waals surface area contributed by atoms with E-state index in [9.17, 15) is 19.8 Å². The van der Waals surface area contributed by atoms with E-state index in [0.717, 1.165) is 56.9 Å². The van der Waals surface area contributed by atoms with Crippen molar-refractivity contribution in [2.45, 2.75) is 90.9 Å². The maximum Gasteiger partial charge on any atom is 0.196 e. The molecule has 0 aliphatic heterocycles. The lowest BCUT2D eigenvalue weighted by molar-refractivity contribution is 0.102. The van der Waals surface area contributed by atoms with Crippen LogP contribution in [0.3, 0.4) is 0 Å². The third kappa shape index (κ3) is 11.5. The highest BCUT2D eigenvalue weighted by atomic mass is 16.5. The van der Waals surface area contributed by atoms with E-state index in [0.29, 0.717) is 47.3 Å². The Labute approximate surface area is 292 Å². The number of phenolic OH excluding ortho intramolecular Hbond substituents is 2. The predicted molar refractivity (Wildman–Crippen MR) is 196 cm³/mol. The van der Waals surface area contributed by atoms with Crippen LogP contribution in [0.2, 0.25) is 0 Å². The summed E-state index contributed by atoms with van der Waals surface area (Å²) in [5, 5.41) is 21.5. The van der Waals surface area contributed by atoms with Crippen molar-refractivity contribution in [3.63, 3.8) is 0 Å². The van der Waals surface area contributed by atoms with Gasteiger partial charge in [0.25, 0.3) is 0 Å². The molecule has 6 nitrogen and oxygen atoms in total. The van der Waals surface area contributed by atoms with E-state index in [-0.39, 0.29) is 28.6 Å². The lowest BCUT2D eigenvalue weighted by atomic mass is 9.88. The van der Waals surface area contributed by atoms with Gasteiger partial charge in [0.05, 0.1) is 24.3 Å². The lowest BCUT2D eigenvalue weighted by Crippen LogP contribution is -2.10. The number of phenols is 2. The van der Waals surface area contributed by atoms with E-state index in [1.54, 1.807) is 54.6 Å². The molecule has 0 aliphatic carbocycles. The van der Waals surface area contributed by atoms with E-state index in [2.05, 4.69) is 13.8 Å². The molecule has 0 saturated heterocycles. The van der Waals surface area contributed by atoms with Crippen LogP contribution in [0, 0.1) is 5.92 Å². The van der Waals surface area contributed by atoms with Crippen LogP contribution >= 0.6 is 0 Å². The fraction of sp³-hybridized carbons (Fsp3) is 0.395. The van der Waals surface area contributed by atoms with Crippen LogP contribution in [0.15, 0.2) is 91.0 Å². The molecule has 0 fully saturated rings. The van der Waals surface area contributed by atoms with E-state index < -0.39 is 0 Å². The molecule has 0 heterocycles. The Morgan fingerprint density at radius 2 is 1.18 bits per heavy atom. The average Bonchev–Trinajstić information content (AvgIpc) is 3.12. The second-order valence-corrected chi connectivity index (χ2v) is 12.9. The number of hydrogen-bond acceptors (Lipinski definition) is 6. The first-order valence-corrected chi connectivity index (χ1v) is 18.0. The van der Waals surface area contributed by atoms with Crippen LogP contribution in [0.4, 0.5) is 0 Å². The van der Waals surface area contributed by atoms with Gasteiger partial charge in [0, 0.05) is 23.3 Å². The highest BCUT2D eigenvalue weighted by Gasteiger charge is 2.20. The molecule has 1 atom stereocenters. The number of ether oxygens (including phenoxy) is 2. The number of carbonyl (C=O) groups is 2. The Hall–Kier alpha value is -4.58. The van der Waals surface area contributed by atoms with Gasteiger partial charge in [-0.05, 0) is 55.4 Å². The first-order valence-electron chi connectivity index (χ1n) is 18.0. The van der Waals surface area contributed by atoms with Crippen LogP contribution in [0.5, 0.6) is 23.0 Å². The summed E-state index contributed by atoms with van der Waals surface area (Å²) in [6.07, 6.45) is 12.6. The highest BCUT2D eigenvalue weighted by molar-refractivity contribution is 6.11. The van der Waals surface area contributed by atoms with Gasteiger partial charge in [0.15, 0.2) is 11.6 Å².